The van der Waals surface area contributed by atoms with Gasteiger partial charge in [-0.15, -0.1) is 0 Å². The maximum Gasteiger partial charge on any atom is 0.263 e. The van der Waals surface area contributed by atoms with E-state index >= 15 is 0 Å². The Hall–Kier alpha value is -2.33. The molecule has 2 rings (SSSR count). The molecule has 0 spiro atoms. The van der Waals surface area contributed by atoms with Crippen molar-refractivity contribution in [3.63, 3.8) is 0 Å². The number of aliphatic hydroxyl groups is 1. The van der Waals surface area contributed by atoms with Crippen LogP contribution in [0, 0.1) is 0 Å². The lowest BCUT2D eigenvalue weighted by Gasteiger charge is -2.31. The summed E-state index contributed by atoms with van der Waals surface area (Å²) in [6, 6.07) is 16.8. The molecule has 1 N–H and O–H groups in total. The molecule has 0 aliphatic rings. The van der Waals surface area contributed by atoms with E-state index in [2.05, 4.69) is 6.92 Å². The van der Waals surface area contributed by atoms with Crippen LogP contribution in [0.25, 0.3) is 0 Å². The molecule has 4 heteroatoms. The number of aliphatic hydroxyl groups excluding tert-OH is 1. The van der Waals surface area contributed by atoms with Gasteiger partial charge in [0, 0.05) is 7.05 Å². The van der Waals surface area contributed by atoms with Gasteiger partial charge in [0.25, 0.3) is 5.91 Å². The second-order valence-electron chi connectivity index (χ2n) is 6.30. The summed E-state index contributed by atoms with van der Waals surface area (Å²) in [6.07, 6.45) is -0.402. The van der Waals surface area contributed by atoms with E-state index in [4.69, 9.17) is 4.74 Å². The van der Waals surface area contributed by atoms with Gasteiger partial charge in [-0.2, -0.15) is 0 Å². The first-order valence-electron chi connectivity index (χ1n) is 8.69. The summed E-state index contributed by atoms with van der Waals surface area (Å²) in [7, 11) is 1.69. The Morgan fingerprint density at radius 2 is 1.68 bits per heavy atom. The third-order valence-electron chi connectivity index (χ3n) is 4.55. The number of carbonyl (C=O) groups is 1. The molecule has 3 unspecified atom stereocenters. The average molecular weight is 341 g/mol. The molecule has 1 amide bonds. The number of hydrogen-bond acceptors (Lipinski definition) is 3. The Morgan fingerprint density at radius 1 is 1.08 bits per heavy atom. The maximum atomic E-state index is 12.6. The van der Waals surface area contributed by atoms with E-state index in [1.54, 1.807) is 18.9 Å². The van der Waals surface area contributed by atoms with Crippen LogP contribution in [0.15, 0.2) is 54.6 Å². The fourth-order valence-electron chi connectivity index (χ4n) is 2.69. The molecule has 0 radical (unpaired) electrons. The van der Waals surface area contributed by atoms with Crippen LogP contribution in [0.2, 0.25) is 0 Å². The smallest absolute Gasteiger partial charge is 0.263 e. The summed E-state index contributed by atoms with van der Waals surface area (Å²) in [5.41, 5.74) is 2.02. The van der Waals surface area contributed by atoms with Crippen LogP contribution in [-0.2, 0) is 11.2 Å². The number of carbonyl (C=O) groups excluding carboxylic acids is 1. The largest absolute Gasteiger partial charge is 0.481 e. The van der Waals surface area contributed by atoms with Crippen molar-refractivity contribution in [3.05, 3.63) is 65.7 Å². The maximum absolute atomic E-state index is 12.6. The molecule has 0 saturated carbocycles. The van der Waals surface area contributed by atoms with Crippen LogP contribution in [-0.4, -0.2) is 35.1 Å². The van der Waals surface area contributed by atoms with Crippen LogP contribution in [0.1, 0.15) is 38.0 Å². The SMILES string of the molecule is CCc1ccc(OC(C)C(=O)N(C)C(C)C(O)c2ccccc2)cc1. The summed E-state index contributed by atoms with van der Waals surface area (Å²) < 4.78 is 5.76. The van der Waals surface area contributed by atoms with Gasteiger partial charge in [0.2, 0.25) is 0 Å². The van der Waals surface area contributed by atoms with E-state index in [0.29, 0.717) is 5.75 Å². The molecule has 0 heterocycles. The molecule has 2 aromatic rings. The van der Waals surface area contributed by atoms with Crippen molar-refractivity contribution in [1.29, 1.82) is 0 Å². The summed E-state index contributed by atoms with van der Waals surface area (Å²) in [5.74, 6) is 0.504. The van der Waals surface area contributed by atoms with Crippen LogP contribution >= 0.6 is 0 Å². The van der Waals surface area contributed by atoms with Gasteiger partial charge in [-0.05, 0) is 43.5 Å². The first-order chi connectivity index (χ1) is 11.9. The molecule has 0 bridgehead atoms. The predicted molar refractivity (Wildman–Crippen MR) is 99.5 cm³/mol. The molecule has 0 aliphatic carbocycles. The van der Waals surface area contributed by atoms with Crippen molar-refractivity contribution < 1.29 is 14.6 Å². The zero-order valence-electron chi connectivity index (χ0n) is 15.3. The van der Waals surface area contributed by atoms with Crippen molar-refractivity contribution >= 4 is 5.91 Å². The third kappa shape index (κ3) is 4.83. The van der Waals surface area contributed by atoms with E-state index in [-0.39, 0.29) is 11.9 Å². The van der Waals surface area contributed by atoms with E-state index in [1.165, 1.54) is 5.56 Å². The number of amides is 1. The normalized spacial score (nSPS) is 14.4. The highest BCUT2D eigenvalue weighted by Crippen LogP contribution is 2.21. The number of benzene rings is 2. The Bertz CT molecular complexity index is 669. The number of likely N-dealkylation sites (N-methyl/N-ethyl adjacent to an activating group) is 1. The fourth-order valence-corrected chi connectivity index (χ4v) is 2.69. The van der Waals surface area contributed by atoms with Crippen LogP contribution < -0.4 is 4.74 Å². The third-order valence-corrected chi connectivity index (χ3v) is 4.55. The predicted octanol–water partition coefficient (Wildman–Crippen LogP) is 3.60. The van der Waals surface area contributed by atoms with Gasteiger partial charge in [-0.3, -0.25) is 4.79 Å². The Balaban J connectivity index is 1.99. The van der Waals surface area contributed by atoms with Gasteiger partial charge in [0.15, 0.2) is 6.10 Å². The van der Waals surface area contributed by atoms with E-state index < -0.39 is 12.2 Å². The van der Waals surface area contributed by atoms with Gasteiger partial charge >= 0.3 is 0 Å². The minimum atomic E-state index is -0.744. The lowest BCUT2D eigenvalue weighted by Crippen LogP contribution is -2.45. The zero-order valence-corrected chi connectivity index (χ0v) is 15.3. The van der Waals surface area contributed by atoms with Crippen LogP contribution in [0.3, 0.4) is 0 Å². The minimum Gasteiger partial charge on any atom is -0.481 e. The van der Waals surface area contributed by atoms with Crippen molar-refractivity contribution in [1.82, 2.24) is 4.90 Å². The van der Waals surface area contributed by atoms with E-state index in [1.807, 2.05) is 61.5 Å². The summed E-state index contributed by atoms with van der Waals surface area (Å²) in [4.78, 5) is 14.2. The number of hydrogen-bond donors (Lipinski definition) is 1. The van der Waals surface area contributed by atoms with Gasteiger partial charge in [0.05, 0.1) is 12.1 Å². The van der Waals surface area contributed by atoms with Crippen molar-refractivity contribution in [3.8, 4) is 5.75 Å². The Morgan fingerprint density at radius 3 is 2.24 bits per heavy atom. The molecular formula is C21H27NO3. The second kappa shape index (κ2) is 8.67. The fraction of sp³-hybridized carbons (Fsp3) is 0.381. The molecule has 0 aromatic heterocycles. The number of ether oxygens (including phenoxy) is 1. The quantitative estimate of drug-likeness (QED) is 0.837. The Labute approximate surface area is 150 Å². The highest BCUT2D eigenvalue weighted by molar-refractivity contribution is 5.81. The van der Waals surface area contributed by atoms with Gasteiger partial charge in [0.1, 0.15) is 5.75 Å². The summed E-state index contributed by atoms with van der Waals surface area (Å²) in [6.45, 7) is 5.66. The Kier molecular flexibility index (Phi) is 6.59. The molecule has 0 saturated heterocycles. The minimum absolute atomic E-state index is 0.165. The second-order valence-corrected chi connectivity index (χ2v) is 6.30. The summed E-state index contributed by atoms with van der Waals surface area (Å²) in [5, 5.41) is 10.5. The highest BCUT2D eigenvalue weighted by Gasteiger charge is 2.28. The van der Waals surface area contributed by atoms with Gasteiger partial charge < -0.3 is 14.7 Å². The lowest BCUT2D eigenvalue weighted by molar-refractivity contribution is -0.140. The number of rotatable bonds is 7. The van der Waals surface area contributed by atoms with Gasteiger partial charge in [-0.25, -0.2) is 0 Å². The number of nitrogens with zero attached hydrogens (tertiary/aromatic N) is 1. The molecule has 4 nitrogen and oxygen atoms in total. The molecule has 25 heavy (non-hydrogen) atoms. The first kappa shape index (κ1) is 19.0. The van der Waals surface area contributed by atoms with Crippen molar-refractivity contribution in [2.24, 2.45) is 0 Å². The summed E-state index contributed by atoms with van der Waals surface area (Å²) >= 11 is 0. The van der Waals surface area contributed by atoms with E-state index in [0.717, 1.165) is 12.0 Å². The van der Waals surface area contributed by atoms with Crippen LogP contribution in [0.4, 0.5) is 0 Å². The highest BCUT2D eigenvalue weighted by atomic mass is 16.5. The van der Waals surface area contributed by atoms with Crippen molar-refractivity contribution in [2.45, 2.75) is 45.4 Å². The van der Waals surface area contributed by atoms with E-state index in [9.17, 15) is 9.90 Å². The first-order valence-corrected chi connectivity index (χ1v) is 8.69. The molecular weight excluding hydrogens is 314 g/mol. The van der Waals surface area contributed by atoms with Gasteiger partial charge in [-0.1, -0.05) is 49.4 Å². The molecule has 134 valence electrons. The van der Waals surface area contributed by atoms with Crippen molar-refractivity contribution in [2.75, 3.05) is 7.05 Å². The topological polar surface area (TPSA) is 49.8 Å². The molecule has 3 atom stereocenters. The molecule has 2 aromatic carbocycles. The standard InChI is InChI=1S/C21H27NO3/c1-5-17-11-13-19(14-12-17)25-16(3)21(24)22(4)15(2)20(23)18-9-7-6-8-10-18/h6-16,20,23H,5H2,1-4H3. The molecule has 0 fully saturated rings. The zero-order chi connectivity index (χ0) is 18.4. The lowest BCUT2D eigenvalue weighted by atomic mass is 10.0. The number of aryl methyl sites for hydroxylation is 1. The molecule has 0 aliphatic heterocycles. The van der Waals surface area contributed by atoms with Crippen LogP contribution in [0.5, 0.6) is 5.75 Å². The average Bonchev–Trinajstić information content (AvgIpc) is 2.66. The monoisotopic (exact) mass is 341 g/mol.